The summed E-state index contributed by atoms with van der Waals surface area (Å²) in [5.41, 5.74) is 0.642. The van der Waals surface area contributed by atoms with Crippen LogP contribution in [0.4, 0.5) is 29.2 Å². The van der Waals surface area contributed by atoms with E-state index in [4.69, 9.17) is 0 Å². The van der Waals surface area contributed by atoms with E-state index in [1.54, 1.807) is 43.6 Å². The predicted molar refractivity (Wildman–Crippen MR) is 134 cm³/mol. The van der Waals surface area contributed by atoms with Gasteiger partial charge in [-0.05, 0) is 56.9 Å². The number of halogens is 4. The van der Waals surface area contributed by atoms with Crippen LogP contribution in [0.2, 0.25) is 0 Å². The maximum absolute atomic E-state index is 14.7. The van der Waals surface area contributed by atoms with Crippen LogP contribution < -0.4 is 10.6 Å². The summed E-state index contributed by atoms with van der Waals surface area (Å²) < 4.78 is 55.9. The number of nitrogens with zero attached hydrogens (tertiary/aromatic N) is 5. The molecule has 0 fully saturated rings. The molecule has 0 bridgehead atoms. The quantitative estimate of drug-likeness (QED) is 0.358. The van der Waals surface area contributed by atoms with Crippen LogP contribution in [0.15, 0.2) is 66.1 Å². The van der Waals surface area contributed by atoms with E-state index in [2.05, 4.69) is 25.7 Å². The monoisotopic (exact) mass is 525 g/mol. The number of nitrogens with one attached hydrogen (secondary N) is 2. The van der Waals surface area contributed by atoms with Crippen LogP contribution in [0, 0.1) is 5.82 Å². The molecule has 0 saturated carbocycles. The van der Waals surface area contributed by atoms with Crippen LogP contribution in [-0.4, -0.2) is 44.7 Å². The number of carbonyl (C=O) groups is 1. The fourth-order valence-electron chi connectivity index (χ4n) is 4.48. The highest BCUT2D eigenvalue weighted by molar-refractivity contribution is 6.06. The molecule has 1 aliphatic heterocycles. The molecule has 196 valence electrons. The van der Waals surface area contributed by atoms with Gasteiger partial charge >= 0.3 is 6.18 Å². The fraction of sp³-hybridized carbons (Fsp3) is 0.231. The molecular weight excluding hydrogens is 502 g/mol. The third-order valence-electron chi connectivity index (χ3n) is 6.09. The Bertz CT molecular complexity index is 1580. The van der Waals surface area contributed by atoms with E-state index in [1.807, 2.05) is 19.0 Å². The molecule has 0 radical (unpaired) electrons. The van der Waals surface area contributed by atoms with Gasteiger partial charge in [-0.2, -0.15) is 18.3 Å². The van der Waals surface area contributed by atoms with Gasteiger partial charge < -0.3 is 15.5 Å². The summed E-state index contributed by atoms with van der Waals surface area (Å²) >= 11 is 0. The maximum Gasteiger partial charge on any atom is 0.419 e. The molecule has 2 N–H and O–H groups in total. The number of rotatable bonds is 5. The topological polar surface area (TPSA) is 88.0 Å². The molecule has 5 rings (SSSR count). The molecule has 0 spiro atoms. The Kier molecular flexibility index (Phi) is 6.35. The van der Waals surface area contributed by atoms with Crippen molar-refractivity contribution in [2.24, 2.45) is 0 Å². The summed E-state index contributed by atoms with van der Waals surface area (Å²) in [6.07, 6.45) is -1.63. The highest BCUT2D eigenvalue weighted by Crippen LogP contribution is 2.39. The Morgan fingerprint density at radius 3 is 2.66 bits per heavy atom. The molecule has 12 heteroatoms. The second kappa shape index (κ2) is 9.53. The van der Waals surface area contributed by atoms with Gasteiger partial charge in [-0.15, -0.1) is 0 Å². The number of fused-ring (bicyclic) bond motifs is 2. The van der Waals surface area contributed by atoms with Gasteiger partial charge in [0, 0.05) is 36.1 Å². The number of allylic oxidation sites excluding steroid dienone is 1. The van der Waals surface area contributed by atoms with Crippen LogP contribution in [0.5, 0.6) is 0 Å². The Morgan fingerprint density at radius 1 is 1.16 bits per heavy atom. The molecule has 4 heterocycles. The number of alkyl halides is 3. The third kappa shape index (κ3) is 4.82. The van der Waals surface area contributed by atoms with Crippen molar-refractivity contribution in [2.45, 2.75) is 25.7 Å². The molecule has 1 atom stereocenters. The molecule has 0 aliphatic carbocycles. The minimum Gasteiger partial charge on any atom is -0.344 e. The van der Waals surface area contributed by atoms with Crippen molar-refractivity contribution in [1.82, 2.24) is 24.6 Å². The molecular formula is C26H23F4N7O. The second-order valence-electron chi connectivity index (χ2n) is 9.23. The minimum atomic E-state index is -4.85. The Labute approximate surface area is 215 Å². The molecule has 1 aliphatic rings. The zero-order valence-electron chi connectivity index (χ0n) is 20.6. The fourth-order valence-corrected chi connectivity index (χ4v) is 4.48. The number of hydrogen-bond acceptors (Lipinski definition) is 6. The van der Waals surface area contributed by atoms with Gasteiger partial charge in [0.25, 0.3) is 5.91 Å². The van der Waals surface area contributed by atoms with Gasteiger partial charge in [0.1, 0.15) is 23.5 Å². The summed E-state index contributed by atoms with van der Waals surface area (Å²) in [5.74, 6) is -1.20. The highest BCUT2D eigenvalue weighted by atomic mass is 19.4. The molecule has 0 saturated heterocycles. The molecule has 1 aromatic carbocycles. The number of hydrogen-bond donors (Lipinski definition) is 2. The predicted octanol–water partition coefficient (Wildman–Crippen LogP) is 4.97. The van der Waals surface area contributed by atoms with E-state index in [0.29, 0.717) is 35.3 Å². The lowest BCUT2D eigenvalue weighted by Gasteiger charge is -2.30. The largest absolute Gasteiger partial charge is 0.419 e. The first-order chi connectivity index (χ1) is 18.0. The van der Waals surface area contributed by atoms with E-state index >= 15 is 0 Å². The van der Waals surface area contributed by atoms with Crippen molar-refractivity contribution in [3.05, 3.63) is 88.8 Å². The van der Waals surface area contributed by atoms with Crippen molar-refractivity contribution < 1.29 is 22.4 Å². The van der Waals surface area contributed by atoms with Crippen molar-refractivity contribution in [3.8, 4) is 0 Å². The van der Waals surface area contributed by atoms with Gasteiger partial charge in [-0.3, -0.25) is 9.78 Å². The minimum absolute atomic E-state index is 0.139. The second-order valence-corrected chi connectivity index (χ2v) is 9.23. The van der Waals surface area contributed by atoms with Crippen molar-refractivity contribution in [3.63, 3.8) is 0 Å². The van der Waals surface area contributed by atoms with E-state index in [1.165, 1.54) is 10.7 Å². The smallest absolute Gasteiger partial charge is 0.344 e. The Balaban J connectivity index is 1.58. The number of pyridine rings is 2. The molecule has 8 nitrogen and oxygen atoms in total. The summed E-state index contributed by atoms with van der Waals surface area (Å²) in [6.45, 7) is 2.15. The van der Waals surface area contributed by atoms with Crippen molar-refractivity contribution in [2.75, 3.05) is 24.7 Å². The summed E-state index contributed by atoms with van der Waals surface area (Å²) in [5, 5.41) is 11.3. The molecule has 1 amide bonds. The average molecular weight is 526 g/mol. The molecule has 38 heavy (non-hydrogen) atoms. The van der Waals surface area contributed by atoms with Gasteiger partial charge in [-0.1, -0.05) is 6.07 Å². The lowest BCUT2D eigenvalue weighted by atomic mass is 9.93. The lowest BCUT2D eigenvalue weighted by Crippen LogP contribution is -2.31. The maximum atomic E-state index is 14.7. The number of carbonyl (C=O) groups excluding carboxylic acids is 1. The van der Waals surface area contributed by atoms with E-state index < -0.39 is 29.5 Å². The van der Waals surface area contributed by atoms with Gasteiger partial charge in [0.2, 0.25) is 0 Å². The highest BCUT2D eigenvalue weighted by Gasteiger charge is 2.37. The Hall–Kier alpha value is -4.32. The number of anilines is 2. The van der Waals surface area contributed by atoms with E-state index in [-0.39, 0.29) is 17.0 Å². The van der Waals surface area contributed by atoms with Crippen LogP contribution in [0.25, 0.3) is 10.9 Å². The van der Waals surface area contributed by atoms with Crippen molar-refractivity contribution >= 4 is 28.4 Å². The van der Waals surface area contributed by atoms with Crippen LogP contribution >= 0.6 is 0 Å². The van der Waals surface area contributed by atoms with Crippen LogP contribution in [0.1, 0.15) is 29.8 Å². The Morgan fingerprint density at radius 2 is 1.95 bits per heavy atom. The average Bonchev–Trinajstić information content (AvgIpc) is 3.23. The van der Waals surface area contributed by atoms with Gasteiger partial charge in [-0.25, -0.2) is 14.1 Å². The summed E-state index contributed by atoms with van der Waals surface area (Å²) in [4.78, 5) is 24.0. The van der Waals surface area contributed by atoms with Gasteiger partial charge in [0.05, 0.1) is 22.3 Å². The number of benzene rings is 1. The van der Waals surface area contributed by atoms with E-state index in [9.17, 15) is 22.4 Å². The van der Waals surface area contributed by atoms with E-state index in [0.717, 1.165) is 11.5 Å². The molecule has 1 unspecified atom stereocenters. The SMILES string of the molecule is CC1=C(C(=O)Nc2ccc3cnccc3n2)C(c2ccc(C(F)(F)F)c(F)c2)n2nc(CN(C)C)cc2N1. The summed E-state index contributed by atoms with van der Waals surface area (Å²) in [6, 6.07) is 8.52. The van der Waals surface area contributed by atoms with Gasteiger partial charge in [0.15, 0.2) is 0 Å². The first-order valence-electron chi connectivity index (χ1n) is 11.6. The van der Waals surface area contributed by atoms with Crippen LogP contribution in [-0.2, 0) is 17.5 Å². The first kappa shape index (κ1) is 25.3. The molecule has 4 aromatic rings. The van der Waals surface area contributed by atoms with Crippen molar-refractivity contribution in [1.29, 1.82) is 0 Å². The number of amides is 1. The summed E-state index contributed by atoms with van der Waals surface area (Å²) in [7, 11) is 3.73. The van der Waals surface area contributed by atoms with Crippen LogP contribution in [0.3, 0.4) is 0 Å². The lowest BCUT2D eigenvalue weighted by molar-refractivity contribution is -0.140. The number of aromatic nitrogens is 4. The zero-order valence-corrected chi connectivity index (χ0v) is 20.6. The zero-order chi connectivity index (χ0) is 27.2. The standard InChI is InChI=1S/C26H23F4N7O/c1-14-23(25(38)34-21-7-5-16-12-31-9-8-20(16)33-21)24(15-4-6-18(19(27)10-15)26(28,29)30)37-22(32-14)11-17(35-37)13-36(2)3/h4-12,24,32H,13H2,1-3H3,(H,33,34,38). The molecule has 3 aromatic heterocycles. The third-order valence-corrected chi connectivity index (χ3v) is 6.09. The first-order valence-corrected chi connectivity index (χ1v) is 11.6. The normalized spacial score (nSPS) is 15.5.